The smallest absolute Gasteiger partial charge is 0.239 e. The van der Waals surface area contributed by atoms with Crippen LogP contribution in [0.1, 0.15) is 50.1 Å². The molecule has 1 heterocycles. The van der Waals surface area contributed by atoms with Crippen LogP contribution in [-0.2, 0) is 9.59 Å². The third-order valence-electron chi connectivity index (χ3n) is 5.82. The molecule has 1 aliphatic carbocycles. The Kier molecular flexibility index (Phi) is 6.35. The Balaban J connectivity index is 1.71. The minimum Gasteiger partial charge on any atom is -0.368 e. The van der Waals surface area contributed by atoms with Crippen LogP contribution in [0.4, 0.5) is 0 Å². The summed E-state index contributed by atoms with van der Waals surface area (Å²) in [6.07, 6.45) is 7.18. The van der Waals surface area contributed by atoms with Gasteiger partial charge in [0.05, 0.1) is 6.54 Å². The van der Waals surface area contributed by atoms with Gasteiger partial charge in [0.25, 0.3) is 0 Å². The highest BCUT2D eigenvalue weighted by Crippen LogP contribution is 2.35. The number of rotatable bonds is 5. The predicted octanol–water partition coefficient (Wildman–Crippen LogP) is 3.09. The first-order valence-electron chi connectivity index (χ1n) is 9.52. The molecule has 0 bridgehead atoms. The van der Waals surface area contributed by atoms with Gasteiger partial charge in [0.1, 0.15) is 6.04 Å². The topological polar surface area (TPSA) is 66.6 Å². The normalized spacial score (nSPS) is 24.2. The lowest BCUT2D eigenvalue weighted by molar-refractivity contribution is -0.139. The van der Waals surface area contributed by atoms with Gasteiger partial charge in [0, 0.05) is 17.1 Å². The lowest BCUT2D eigenvalue weighted by Gasteiger charge is -2.44. The number of fused-ring (bicyclic) bond motifs is 1. The molecular formula is C20H28BrN3O2. The summed E-state index contributed by atoms with van der Waals surface area (Å²) in [5.74, 6) is 0.335. The monoisotopic (exact) mass is 421 g/mol. The van der Waals surface area contributed by atoms with Crippen molar-refractivity contribution < 1.29 is 9.59 Å². The fraction of sp³-hybridized carbons (Fsp3) is 0.600. The number of benzene rings is 1. The van der Waals surface area contributed by atoms with Crippen LogP contribution in [0.25, 0.3) is 0 Å². The summed E-state index contributed by atoms with van der Waals surface area (Å²) in [5, 5.41) is 0. The van der Waals surface area contributed by atoms with Gasteiger partial charge in [-0.1, -0.05) is 40.9 Å². The summed E-state index contributed by atoms with van der Waals surface area (Å²) in [6, 6.07) is 7.32. The van der Waals surface area contributed by atoms with E-state index >= 15 is 0 Å². The van der Waals surface area contributed by atoms with E-state index in [4.69, 9.17) is 5.73 Å². The Morgan fingerprint density at radius 1 is 1.27 bits per heavy atom. The second-order valence-corrected chi connectivity index (χ2v) is 8.53. The fourth-order valence-electron chi connectivity index (χ4n) is 4.64. The van der Waals surface area contributed by atoms with Gasteiger partial charge in [-0.3, -0.25) is 14.5 Å². The molecule has 0 aromatic heterocycles. The van der Waals surface area contributed by atoms with E-state index in [1.807, 2.05) is 24.3 Å². The Labute approximate surface area is 164 Å². The molecule has 1 aromatic carbocycles. The van der Waals surface area contributed by atoms with Crippen molar-refractivity contribution >= 4 is 27.7 Å². The van der Waals surface area contributed by atoms with E-state index in [0.29, 0.717) is 12.0 Å². The minimum atomic E-state index is -0.608. The maximum absolute atomic E-state index is 13.0. The molecule has 0 spiro atoms. The zero-order valence-electron chi connectivity index (χ0n) is 15.4. The molecule has 1 aromatic rings. The first-order chi connectivity index (χ1) is 12.5. The van der Waals surface area contributed by atoms with Crippen LogP contribution >= 0.6 is 15.9 Å². The van der Waals surface area contributed by atoms with Crippen molar-refractivity contribution in [1.82, 2.24) is 9.80 Å². The zero-order valence-corrected chi connectivity index (χ0v) is 17.0. The lowest BCUT2D eigenvalue weighted by Crippen LogP contribution is -2.52. The Bertz CT molecular complexity index is 664. The van der Waals surface area contributed by atoms with Gasteiger partial charge in [-0.15, -0.1) is 0 Å². The summed E-state index contributed by atoms with van der Waals surface area (Å²) in [7, 11) is 1.80. The second-order valence-electron chi connectivity index (χ2n) is 7.62. The molecule has 0 radical (unpaired) electrons. The van der Waals surface area contributed by atoms with E-state index in [0.717, 1.165) is 29.4 Å². The van der Waals surface area contributed by atoms with E-state index in [1.165, 1.54) is 25.7 Å². The van der Waals surface area contributed by atoms with Gasteiger partial charge in [-0.25, -0.2) is 0 Å². The average molecular weight is 422 g/mol. The maximum Gasteiger partial charge on any atom is 0.239 e. The van der Waals surface area contributed by atoms with Crippen molar-refractivity contribution in [2.24, 2.45) is 11.7 Å². The van der Waals surface area contributed by atoms with Gasteiger partial charge in [-0.2, -0.15) is 0 Å². The fourth-order valence-corrected chi connectivity index (χ4v) is 5.06. The summed E-state index contributed by atoms with van der Waals surface area (Å²) >= 11 is 3.43. The zero-order chi connectivity index (χ0) is 18.7. The number of carbonyl (C=O) groups excluding carboxylic acids is 2. The Morgan fingerprint density at radius 3 is 2.73 bits per heavy atom. The van der Waals surface area contributed by atoms with Crippen molar-refractivity contribution in [2.75, 3.05) is 20.1 Å². The molecule has 6 heteroatoms. The number of carbonyl (C=O) groups is 2. The van der Waals surface area contributed by atoms with E-state index in [-0.39, 0.29) is 12.5 Å². The number of primary amides is 1. The van der Waals surface area contributed by atoms with Gasteiger partial charge in [0.15, 0.2) is 0 Å². The number of amides is 2. The largest absolute Gasteiger partial charge is 0.368 e. The maximum atomic E-state index is 13.0. The van der Waals surface area contributed by atoms with E-state index in [2.05, 4.69) is 20.8 Å². The molecule has 2 amide bonds. The van der Waals surface area contributed by atoms with E-state index < -0.39 is 11.9 Å². The third-order valence-corrected chi connectivity index (χ3v) is 6.32. The van der Waals surface area contributed by atoms with Crippen LogP contribution in [0.5, 0.6) is 0 Å². The molecule has 1 aliphatic heterocycles. The van der Waals surface area contributed by atoms with Crippen molar-refractivity contribution in [3.05, 3.63) is 34.3 Å². The number of hydrogen-bond donors (Lipinski definition) is 1. The molecule has 1 saturated carbocycles. The molecule has 2 aliphatic rings. The van der Waals surface area contributed by atoms with Gasteiger partial charge < -0.3 is 10.6 Å². The number of halogens is 1. The van der Waals surface area contributed by atoms with E-state index in [1.54, 1.807) is 11.9 Å². The van der Waals surface area contributed by atoms with Crippen LogP contribution in [0.3, 0.4) is 0 Å². The van der Waals surface area contributed by atoms with Gasteiger partial charge in [0.2, 0.25) is 11.8 Å². The molecule has 142 valence electrons. The van der Waals surface area contributed by atoms with Gasteiger partial charge >= 0.3 is 0 Å². The Morgan fingerprint density at radius 2 is 2.00 bits per heavy atom. The van der Waals surface area contributed by atoms with Crippen LogP contribution < -0.4 is 5.73 Å². The average Bonchev–Trinajstić information content (AvgIpc) is 2.61. The SMILES string of the molecule is CN(CC(=O)N1CCC[C@@H]2CCCC[C@H]21)[C@H](C(N)=O)c1cccc(Br)c1. The molecule has 2 N–H and O–H groups in total. The molecule has 3 atom stereocenters. The van der Waals surface area contributed by atoms with Crippen molar-refractivity contribution in [1.29, 1.82) is 0 Å². The number of hydrogen-bond acceptors (Lipinski definition) is 3. The molecule has 2 fully saturated rings. The third kappa shape index (κ3) is 4.29. The summed E-state index contributed by atoms with van der Waals surface area (Å²) in [5.41, 5.74) is 6.46. The van der Waals surface area contributed by atoms with Crippen LogP contribution in [0, 0.1) is 5.92 Å². The molecule has 26 heavy (non-hydrogen) atoms. The van der Waals surface area contributed by atoms with Crippen LogP contribution in [0.2, 0.25) is 0 Å². The van der Waals surface area contributed by atoms with Crippen LogP contribution in [0.15, 0.2) is 28.7 Å². The van der Waals surface area contributed by atoms with E-state index in [9.17, 15) is 9.59 Å². The number of piperidine rings is 1. The summed E-state index contributed by atoms with van der Waals surface area (Å²) in [4.78, 5) is 28.9. The Hall–Kier alpha value is -1.40. The highest BCUT2D eigenvalue weighted by atomic mass is 79.9. The standard InChI is InChI=1S/C20H28BrN3O2/c1-23(19(20(22)26)15-7-4-9-16(21)12-15)13-18(25)24-11-5-8-14-6-2-3-10-17(14)24/h4,7,9,12,14,17,19H,2-3,5-6,8,10-11,13H2,1H3,(H2,22,26)/t14-,17+,19-/m0/s1. The number of nitrogens with zero attached hydrogens (tertiary/aromatic N) is 2. The molecular weight excluding hydrogens is 394 g/mol. The predicted molar refractivity (Wildman–Crippen MR) is 105 cm³/mol. The highest BCUT2D eigenvalue weighted by Gasteiger charge is 2.36. The first kappa shape index (κ1) is 19.4. The van der Waals surface area contributed by atoms with Crippen molar-refractivity contribution in [2.45, 2.75) is 50.6 Å². The number of likely N-dealkylation sites (tertiary alicyclic amines) is 1. The number of likely N-dealkylation sites (N-methyl/N-ethyl adjacent to an activating group) is 1. The van der Waals surface area contributed by atoms with Crippen LogP contribution in [-0.4, -0.2) is 47.8 Å². The minimum absolute atomic E-state index is 0.116. The van der Waals surface area contributed by atoms with Gasteiger partial charge in [-0.05, 0) is 56.3 Å². The molecule has 1 saturated heterocycles. The van der Waals surface area contributed by atoms with Crippen molar-refractivity contribution in [3.63, 3.8) is 0 Å². The summed E-state index contributed by atoms with van der Waals surface area (Å²) in [6.45, 7) is 1.05. The highest BCUT2D eigenvalue weighted by molar-refractivity contribution is 9.10. The molecule has 5 nitrogen and oxygen atoms in total. The number of nitrogens with two attached hydrogens (primary N) is 1. The summed E-state index contributed by atoms with van der Waals surface area (Å²) < 4.78 is 0.891. The van der Waals surface area contributed by atoms with Crippen molar-refractivity contribution in [3.8, 4) is 0 Å². The first-order valence-corrected chi connectivity index (χ1v) is 10.3. The molecule has 0 unspecified atom stereocenters. The quantitative estimate of drug-likeness (QED) is 0.793. The molecule has 3 rings (SSSR count). The second kappa shape index (κ2) is 8.53. The lowest BCUT2D eigenvalue weighted by atomic mass is 9.78.